The van der Waals surface area contributed by atoms with Gasteiger partial charge in [-0.15, -0.1) is 0 Å². The predicted molar refractivity (Wildman–Crippen MR) is 363 cm³/mol. The number of Topliss-reactive ketones (excluding diaryl/α,β-unsaturated/α-hetero) is 3. The first-order valence-corrected chi connectivity index (χ1v) is 34.2. The number of halogens is 7. The number of ketones is 3. The Hall–Kier alpha value is -6.05. The first kappa shape index (κ1) is 62.7. The molecular weight excluding hydrogens is 1310 g/mol. The Bertz CT molecular complexity index is 3780. The Morgan fingerprint density at radius 3 is 1.00 bits per heavy atom. The molecule has 0 saturated heterocycles. The highest BCUT2D eigenvalue weighted by Crippen LogP contribution is 2.66. The van der Waals surface area contributed by atoms with Gasteiger partial charge in [-0.1, -0.05) is 71.2 Å². The summed E-state index contributed by atoms with van der Waals surface area (Å²) in [6.45, 7) is 3.56. The van der Waals surface area contributed by atoms with Crippen LogP contribution in [0.25, 0.3) is 32.7 Å². The number of fused-ring (bicyclic) bond motifs is 3. The molecule has 3 aromatic heterocycles. The number of rotatable bonds is 12. The topological polar surface area (TPSA) is 89.9 Å². The van der Waals surface area contributed by atoms with Crippen molar-refractivity contribution in [2.75, 3.05) is 0 Å². The summed E-state index contributed by atoms with van der Waals surface area (Å²) in [6, 6.07) is 39.3. The number of carbonyl (C=O) groups is 3. The van der Waals surface area contributed by atoms with Gasteiger partial charge in [-0.05, 0) is 302 Å². The van der Waals surface area contributed by atoms with Crippen LogP contribution in [0.5, 0.6) is 0 Å². The van der Waals surface area contributed by atoms with Crippen molar-refractivity contribution >= 4 is 107 Å². The van der Waals surface area contributed by atoms with Gasteiger partial charge in [-0.25, -0.2) is 13.2 Å². The fourth-order valence-electron chi connectivity index (χ4n) is 16.2. The minimum absolute atomic E-state index is 0.168. The molecule has 0 radical (unpaired) electrons. The van der Waals surface area contributed by atoms with Crippen LogP contribution in [-0.4, -0.2) is 32.3 Å². The summed E-state index contributed by atoms with van der Waals surface area (Å²) >= 11 is 19.9. The molecule has 3 spiro atoms. The highest BCUT2D eigenvalue weighted by Gasteiger charge is 2.60. The van der Waals surface area contributed by atoms with E-state index in [2.05, 4.69) is 27.1 Å². The highest BCUT2D eigenvalue weighted by atomic mass is 127. The lowest BCUT2D eigenvalue weighted by molar-refractivity contribution is -0.121. The van der Waals surface area contributed by atoms with Crippen LogP contribution >= 0.6 is 57.4 Å². The molecule has 3 unspecified atom stereocenters. The number of aryl methyl sites for hydroxylation is 2. The number of hydrogen-bond donors (Lipinski definition) is 0. The molecule has 6 saturated carbocycles. The summed E-state index contributed by atoms with van der Waals surface area (Å²) in [6.07, 6.45) is 22.9. The number of carbonyl (C=O) groups excluding carboxylic acids is 3. The van der Waals surface area contributed by atoms with Crippen LogP contribution in [0.1, 0.15) is 159 Å². The Labute approximate surface area is 553 Å². The summed E-state index contributed by atoms with van der Waals surface area (Å²) < 4.78 is 43.2. The lowest BCUT2D eigenvalue weighted by atomic mass is 9.74. The van der Waals surface area contributed by atoms with Crippen molar-refractivity contribution < 1.29 is 27.6 Å². The predicted octanol–water partition coefficient (Wildman–Crippen LogP) is 20.7. The van der Waals surface area contributed by atoms with Gasteiger partial charge in [0.2, 0.25) is 0 Å². The van der Waals surface area contributed by atoms with Crippen molar-refractivity contribution in [3.05, 3.63) is 227 Å². The molecule has 15 rings (SSSR count). The quantitative estimate of drug-likeness (QED) is 0.113. The minimum Gasteiger partial charge on any atom is -0.299 e. The van der Waals surface area contributed by atoms with E-state index < -0.39 is 0 Å². The van der Waals surface area contributed by atoms with E-state index in [1.54, 1.807) is 32.0 Å². The first-order valence-electron chi connectivity index (χ1n) is 32.0. The van der Waals surface area contributed by atoms with E-state index in [0.29, 0.717) is 84.1 Å². The summed E-state index contributed by atoms with van der Waals surface area (Å²) in [7, 11) is 0. The molecule has 0 aliphatic heterocycles. The third-order valence-corrected chi connectivity index (χ3v) is 23.4. The molecule has 6 aliphatic rings. The molecule has 0 N–H and O–H groups in total. The van der Waals surface area contributed by atoms with E-state index in [-0.39, 0.29) is 51.5 Å². The maximum Gasteiger partial charge on any atom is 0.140 e. The van der Waals surface area contributed by atoms with Gasteiger partial charge >= 0.3 is 0 Å². The second kappa shape index (κ2) is 25.8. The maximum absolute atomic E-state index is 14.2. The van der Waals surface area contributed by atoms with Crippen LogP contribution in [0.4, 0.5) is 13.2 Å². The van der Waals surface area contributed by atoms with Crippen LogP contribution in [0.15, 0.2) is 146 Å². The molecule has 6 aromatic carbocycles. The SMILES string of the molecule is Cc1cc2nccc(C3CCC4(CC3)CC4C(=O)Cc3ccc(Cl)cc3)c2cc1F.Cc1cc2nccc(C3CCC4(CC3)CC4C(=O)Cc3ccc(Cl)cc3)c2cc1F.O=C(Cc1ccc(Cl)cc1)C1CC12CCC(c1ccnc3cc(I)c(F)cc13)CC2. The monoisotopic (exact) mass is 1380 g/mol. The van der Waals surface area contributed by atoms with Crippen molar-refractivity contribution in [2.45, 2.75) is 147 Å². The van der Waals surface area contributed by atoms with E-state index >= 15 is 0 Å². The number of pyridine rings is 3. The van der Waals surface area contributed by atoms with Crippen molar-refractivity contribution in [1.29, 1.82) is 0 Å². The fraction of sp³-hybridized carbons (Fsp3) is 0.377. The van der Waals surface area contributed by atoms with Crippen molar-refractivity contribution in [3.63, 3.8) is 0 Å². The number of benzene rings is 6. The molecule has 3 heterocycles. The molecule has 6 fully saturated rings. The zero-order valence-corrected chi connectivity index (χ0v) is 55.2. The number of hydrogen-bond acceptors (Lipinski definition) is 6. The van der Waals surface area contributed by atoms with Crippen LogP contribution < -0.4 is 0 Å². The molecule has 3 atom stereocenters. The summed E-state index contributed by atoms with van der Waals surface area (Å²) in [5.74, 6) is 2.40. The van der Waals surface area contributed by atoms with Gasteiger partial charge in [0, 0.05) is 86.8 Å². The van der Waals surface area contributed by atoms with Crippen molar-refractivity contribution in [2.24, 2.45) is 34.0 Å². The van der Waals surface area contributed by atoms with Gasteiger partial charge in [-0.2, -0.15) is 0 Å². The largest absolute Gasteiger partial charge is 0.299 e. The average molecular weight is 1380 g/mol. The van der Waals surface area contributed by atoms with E-state index in [0.717, 1.165) is 146 Å². The second-order valence-electron chi connectivity index (χ2n) is 27.2. The Kier molecular flexibility index (Phi) is 18.0. The van der Waals surface area contributed by atoms with Gasteiger partial charge in [0.25, 0.3) is 0 Å². The Balaban J connectivity index is 0.000000124. The van der Waals surface area contributed by atoms with Gasteiger partial charge in [-0.3, -0.25) is 29.3 Å². The van der Waals surface area contributed by atoms with E-state index in [1.807, 2.05) is 138 Å². The third-order valence-electron chi connectivity index (χ3n) is 21.8. The summed E-state index contributed by atoms with van der Waals surface area (Å²) in [5.41, 5.74) is 11.2. The zero-order valence-electron chi connectivity index (χ0n) is 50.8. The molecule has 0 bridgehead atoms. The molecule has 90 heavy (non-hydrogen) atoms. The van der Waals surface area contributed by atoms with Crippen molar-refractivity contribution in [3.8, 4) is 0 Å². The van der Waals surface area contributed by atoms with Crippen LogP contribution in [0.3, 0.4) is 0 Å². The summed E-state index contributed by atoms with van der Waals surface area (Å²) in [4.78, 5) is 51.9. The standard InChI is InChI=1S/2C26H25ClFNO.C25H22ClFINO/c2*1-16-12-24-21(14-23(16)28)20(8-11-29-24)18-6-9-26(10-7-18)15-22(26)25(30)13-17-2-4-19(27)5-3-17;26-17-3-1-15(2-4-17)11-24(30)20-14-25(20)8-5-16(6-9-25)18-7-10-29-23-13-22(28)21(27)12-19(18)23/h2*2-5,8,11-12,14,18,22H,6-7,9-10,13,15H2,1H3;1-4,7,10,12-13,16,20H,5-6,8-9,11,14H2. The van der Waals surface area contributed by atoms with Crippen LogP contribution in [0, 0.1) is 68.9 Å². The number of aromatic nitrogens is 3. The van der Waals surface area contributed by atoms with Crippen LogP contribution in [-0.2, 0) is 33.6 Å². The van der Waals surface area contributed by atoms with E-state index in [4.69, 9.17) is 34.8 Å². The Morgan fingerprint density at radius 2 is 0.700 bits per heavy atom. The van der Waals surface area contributed by atoms with Gasteiger partial charge in [0.1, 0.15) is 34.8 Å². The smallest absolute Gasteiger partial charge is 0.140 e. The maximum atomic E-state index is 14.2. The second-order valence-corrected chi connectivity index (χ2v) is 29.7. The van der Waals surface area contributed by atoms with Gasteiger partial charge in [0.05, 0.1) is 20.1 Å². The molecule has 6 nitrogen and oxygen atoms in total. The molecular formula is C77H72Cl3F3IN3O3. The normalized spacial score (nSPS) is 25.6. The molecule has 462 valence electrons. The first-order chi connectivity index (χ1) is 43.3. The lowest BCUT2D eigenvalue weighted by Gasteiger charge is -2.30. The van der Waals surface area contributed by atoms with Crippen LogP contribution in [0.2, 0.25) is 15.1 Å². The fourth-order valence-corrected chi connectivity index (χ4v) is 17.0. The third kappa shape index (κ3) is 13.3. The summed E-state index contributed by atoms with van der Waals surface area (Å²) in [5, 5.41) is 4.91. The molecule has 0 amide bonds. The molecule has 13 heteroatoms. The van der Waals surface area contributed by atoms with E-state index in [1.165, 1.54) is 16.7 Å². The lowest BCUT2D eigenvalue weighted by Crippen LogP contribution is -2.20. The molecule has 9 aromatic rings. The van der Waals surface area contributed by atoms with Gasteiger partial charge < -0.3 is 0 Å². The molecule has 6 aliphatic carbocycles. The zero-order chi connectivity index (χ0) is 62.6. The number of nitrogens with zero attached hydrogens (tertiary/aromatic N) is 3. The highest BCUT2D eigenvalue weighted by molar-refractivity contribution is 14.1. The van der Waals surface area contributed by atoms with E-state index in [9.17, 15) is 27.6 Å². The van der Waals surface area contributed by atoms with Crippen molar-refractivity contribution in [1.82, 2.24) is 15.0 Å². The Morgan fingerprint density at radius 1 is 0.422 bits per heavy atom. The van der Waals surface area contributed by atoms with Gasteiger partial charge in [0.15, 0.2) is 0 Å². The minimum atomic E-state index is -0.181. The average Bonchev–Trinajstić information content (AvgIpc) is 1.60.